The van der Waals surface area contributed by atoms with Crippen LogP contribution in [0, 0.1) is 5.82 Å². The Bertz CT molecular complexity index is 714. The summed E-state index contributed by atoms with van der Waals surface area (Å²) in [5, 5.41) is 2.55. The maximum atomic E-state index is 12.9. The molecule has 0 aliphatic heterocycles. The van der Waals surface area contributed by atoms with Crippen LogP contribution in [0.2, 0.25) is 0 Å². The Labute approximate surface area is 142 Å². The van der Waals surface area contributed by atoms with E-state index in [9.17, 15) is 22.4 Å². The standard InChI is InChI=1S/C18H17F4NO2/c1-2-16(25-15-8-6-14(19)7-9-15)17(24)23-11-12-4-3-5-13(10-12)18(20,21)22/h3-10,16H,2,11H2,1H3,(H,23,24)/t16-/m1/s1. The lowest BCUT2D eigenvalue weighted by atomic mass is 10.1. The molecule has 1 amide bonds. The van der Waals surface area contributed by atoms with Crippen molar-refractivity contribution in [3.63, 3.8) is 0 Å². The van der Waals surface area contributed by atoms with Gasteiger partial charge in [-0.3, -0.25) is 4.79 Å². The molecule has 0 aliphatic carbocycles. The van der Waals surface area contributed by atoms with Crippen molar-refractivity contribution in [3.05, 3.63) is 65.5 Å². The fraction of sp³-hybridized carbons (Fsp3) is 0.278. The van der Waals surface area contributed by atoms with Crippen molar-refractivity contribution in [1.82, 2.24) is 5.32 Å². The SMILES string of the molecule is CC[C@@H](Oc1ccc(F)cc1)C(=O)NCc1cccc(C(F)(F)F)c1. The van der Waals surface area contributed by atoms with Gasteiger partial charge in [0.25, 0.3) is 5.91 Å². The molecule has 2 aromatic rings. The van der Waals surface area contributed by atoms with Crippen molar-refractivity contribution in [2.75, 3.05) is 0 Å². The van der Waals surface area contributed by atoms with Crippen molar-refractivity contribution < 1.29 is 27.1 Å². The third-order valence-corrected chi connectivity index (χ3v) is 3.48. The average Bonchev–Trinajstić information content (AvgIpc) is 2.58. The Morgan fingerprint density at radius 3 is 2.44 bits per heavy atom. The highest BCUT2D eigenvalue weighted by molar-refractivity contribution is 5.81. The van der Waals surface area contributed by atoms with Gasteiger partial charge in [0.1, 0.15) is 11.6 Å². The van der Waals surface area contributed by atoms with Crippen molar-refractivity contribution in [2.24, 2.45) is 0 Å². The van der Waals surface area contributed by atoms with E-state index in [1.807, 2.05) is 0 Å². The van der Waals surface area contributed by atoms with E-state index in [1.165, 1.54) is 36.4 Å². The van der Waals surface area contributed by atoms with E-state index in [4.69, 9.17) is 4.74 Å². The van der Waals surface area contributed by atoms with Gasteiger partial charge in [0, 0.05) is 6.54 Å². The van der Waals surface area contributed by atoms with Crippen molar-refractivity contribution in [1.29, 1.82) is 0 Å². The number of alkyl halides is 3. The summed E-state index contributed by atoms with van der Waals surface area (Å²) in [6, 6.07) is 9.97. The van der Waals surface area contributed by atoms with Crippen LogP contribution in [-0.4, -0.2) is 12.0 Å². The molecule has 0 bridgehead atoms. The van der Waals surface area contributed by atoms with Gasteiger partial charge in [0.2, 0.25) is 0 Å². The number of amides is 1. The summed E-state index contributed by atoms with van der Waals surface area (Å²) in [5.74, 6) is -0.541. The normalized spacial score (nSPS) is 12.5. The Balaban J connectivity index is 1.97. The van der Waals surface area contributed by atoms with E-state index >= 15 is 0 Å². The molecule has 0 fully saturated rings. The Kier molecular flexibility index (Phi) is 6.01. The number of hydrogen-bond acceptors (Lipinski definition) is 2. The minimum Gasteiger partial charge on any atom is -0.481 e. The molecule has 25 heavy (non-hydrogen) atoms. The first kappa shape index (κ1) is 18.8. The van der Waals surface area contributed by atoms with Gasteiger partial charge in [-0.25, -0.2) is 4.39 Å². The number of carbonyl (C=O) groups is 1. The number of rotatable bonds is 6. The molecule has 134 valence electrons. The topological polar surface area (TPSA) is 38.3 Å². The Morgan fingerprint density at radius 2 is 1.84 bits per heavy atom. The molecule has 0 aromatic heterocycles. The third kappa shape index (κ3) is 5.48. The van der Waals surface area contributed by atoms with Crippen LogP contribution in [0.4, 0.5) is 17.6 Å². The van der Waals surface area contributed by atoms with Crippen LogP contribution < -0.4 is 10.1 Å². The maximum absolute atomic E-state index is 12.9. The molecule has 0 radical (unpaired) electrons. The zero-order valence-corrected chi connectivity index (χ0v) is 13.4. The van der Waals surface area contributed by atoms with E-state index in [2.05, 4.69) is 5.32 Å². The molecule has 0 aliphatic rings. The zero-order chi connectivity index (χ0) is 18.4. The summed E-state index contributed by atoms with van der Waals surface area (Å²) in [6.45, 7) is 1.68. The maximum Gasteiger partial charge on any atom is 0.416 e. The lowest BCUT2D eigenvalue weighted by molar-refractivity contribution is -0.137. The highest BCUT2D eigenvalue weighted by Gasteiger charge is 2.30. The van der Waals surface area contributed by atoms with Crippen molar-refractivity contribution in [2.45, 2.75) is 32.2 Å². The van der Waals surface area contributed by atoms with Gasteiger partial charge in [0.05, 0.1) is 5.56 Å². The van der Waals surface area contributed by atoms with Crippen LogP contribution in [0.5, 0.6) is 5.75 Å². The van der Waals surface area contributed by atoms with E-state index in [-0.39, 0.29) is 6.54 Å². The summed E-state index contributed by atoms with van der Waals surface area (Å²) in [4.78, 5) is 12.2. The van der Waals surface area contributed by atoms with Crippen LogP contribution in [0.1, 0.15) is 24.5 Å². The Hall–Kier alpha value is -2.57. The lowest BCUT2D eigenvalue weighted by Gasteiger charge is -2.17. The molecule has 3 nitrogen and oxygen atoms in total. The van der Waals surface area contributed by atoms with Crippen LogP contribution in [0.15, 0.2) is 48.5 Å². The van der Waals surface area contributed by atoms with E-state index in [1.54, 1.807) is 6.92 Å². The number of hydrogen-bond donors (Lipinski definition) is 1. The monoisotopic (exact) mass is 355 g/mol. The van der Waals surface area contributed by atoms with Gasteiger partial charge < -0.3 is 10.1 Å². The molecule has 0 spiro atoms. The van der Waals surface area contributed by atoms with Crippen molar-refractivity contribution in [3.8, 4) is 5.75 Å². The molecule has 2 aromatic carbocycles. The second-order valence-corrected chi connectivity index (χ2v) is 5.38. The van der Waals surface area contributed by atoms with Gasteiger partial charge >= 0.3 is 6.18 Å². The van der Waals surface area contributed by atoms with Gasteiger partial charge in [-0.1, -0.05) is 19.1 Å². The Morgan fingerprint density at radius 1 is 1.16 bits per heavy atom. The molecule has 7 heteroatoms. The van der Waals surface area contributed by atoms with E-state index < -0.39 is 29.6 Å². The van der Waals surface area contributed by atoms with Crippen LogP contribution in [0.3, 0.4) is 0 Å². The molecule has 0 heterocycles. The number of carbonyl (C=O) groups excluding carboxylic acids is 1. The number of halogens is 4. The first-order valence-corrected chi connectivity index (χ1v) is 7.65. The summed E-state index contributed by atoms with van der Waals surface area (Å²) >= 11 is 0. The minimum absolute atomic E-state index is 0.0496. The fourth-order valence-corrected chi connectivity index (χ4v) is 2.16. The average molecular weight is 355 g/mol. The first-order chi connectivity index (χ1) is 11.8. The molecule has 0 saturated heterocycles. The van der Waals surface area contributed by atoms with Crippen LogP contribution in [-0.2, 0) is 17.5 Å². The highest BCUT2D eigenvalue weighted by atomic mass is 19.4. The molecule has 0 unspecified atom stereocenters. The predicted molar refractivity (Wildman–Crippen MR) is 84.4 cm³/mol. The predicted octanol–water partition coefficient (Wildman–Crippen LogP) is 4.32. The van der Waals surface area contributed by atoms with Gasteiger partial charge in [-0.15, -0.1) is 0 Å². The largest absolute Gasteiger partial charge is 0.481 e. The number of nitrogens with one attached hydrogen (secondary N) is 1. The third-order valence-electron chi connectivity index (χ3n) is 3.48. The minimum atomic E-state index is -4.43. The molecule has 0 saturated carbocycles. The number of ether oxygens (including phenoxy) is 1. The van der Waals surface area contributed by atoms with Crippen LogP contribution >= 0.6 is 0 Å². The zero-order valence-electron chi connectivity index (χ0n) is 13.4. The first-order valence-electron chi connectivity index (χ1n) is 7.65. The van der Waals surface area contributed by atoms with Crippen LogP contribution in [0.25, 0.3) is 0 Å². The second kappa shape index (κ2) is 8.00. The molecule has 1 atom stereocenters. The van der Waals surface area contributed by atoms with Gasteiger partial charge in [0.15, 0.2) is 6.10 Å². The molecular weight excluding hydrogens is 338 g/mol. The fourth-order valence-electron chi connectivity index (χ4n) is 2.16. The smallest absolute Gasteiger partial charge is 0.416 e. The summed E-state index contributed by atoms with van der Waals surface area (Å²) in [7, 11) is 0. The van der Waals surface area contributed by atoms with Crippen molar-refractivity contribution >= 4 is 5.91 Å². The summed E-state index contributed by atoms with van der Waals surface area (Å²) in [5.41, 5.74) is -0.436. The summed E-state index contributed by atoms with van der Waals surface area (Å²) < 4.78 is 56.4. The quantitative estimate of drug-likeness (QED) is 0.784. The summed E-state index contributed by atoms with van der Waals surface area (Å²) in [6.07, 6.45) is -4.90. The molecule has 2 rings (SSSR count). The second-order valence-electron chi connectivity index (χ2n) is 5.38. The van der Waals surface area contributed by atoms with Gasteiger partial charge in [-0.2, -0.15) is 13.2 Å². The van der Waals surface area contributed by atoms with E-state index in [0.717, 1.165) is 12.1 Å². The lowest BCUT2D eigenvalue weighted by Crippen LogP contribution is -2.37. The molecular formula is C18H17F4NO2. The molecule has 1 N–H and O–H groups in total. The highest BCUT2D eigenvalue weighted by Crippen LogP contribution is 2.29. The number of benzene rings is 2. The van der Waals surface area contributed by atoms with E-state index in [0.29, 0.717) is 17.7 Å². The van der Waals surface area contributed by atoms with Gasteiger partial charge in [-0.05, 0) is 48.4 Å².